The van der Waals surface area contributed by atoms with E-state index in [1.165, 1.54) is 25.0 Å². The molecule has 2 aromatic rings. The van der Waals surface area contributed by atoms with Crippen LogP contribution in [0.4, 0.5) is 13.6 Å². The molecule has 0 aliphatic carbocycles. The van der Waals surface area contributed by atoms with E-state index < -0.39 is 70.9 Å². The summed E-state index contributed by atoms with van der Waals surface area (Å²) >= 11 is 0. The third-order valence-electron chi connectivity index (χ3n) is 8.28. The Morgan fingerprint density at radius 2 is 2.04 bits per heavy atom. The highest BCUT2D eigenvalue weighted by molar-refractivity contribution is 5.99. The highest BCUT2D eigenvalue weighted by Gasteiger charge is 2.55. The molecular weight excluding hydrogens is 614 g/mol. The molecule has 1 fully saturated rings. The number of ether oxygens (including phenoxy) is 5. The van der Waals surface area contributed by atoms with Crippen LogP contribution in [-0.4, -0.2) is 85.2 Å². The SMILES string of the molecule is COC[C@H](C)OC(=O)OCOc1c2n(cc(C(=O)NCc3ccc(F)cc3F)c1=O)[C@@H]1CN(C2=O)[C@@H](C)CC[C@]12CC(OC)=NO2.[HH]. The van der Waals surface area contributed by atoms with Gasteiger partial charge in [-0.3, -0.25) is 14.4 Å². The molecular formula is C30H36F2N4O10. The van der Waals surface area contributed by atoms with Crippen LogP contribution in [0.1, 0.15) is 67.0 Å². The summed E-state index contributed by atoms with van der Waals surface area (Å²) in [5.41, 5.74) is -2.64. The van der Waals surface area contributed by atoms with Crippen molar-refractivity contribution in [2.24, 2.45) is 5.16 Å². The van der Waals surface area contributed by atoms with E-state index in [1.54, 1.807) is 11.8 Å². The molecule has 4 heterocycles. The minimum Gasteiger partial charge on any atom is -0.482 e. The van der Waals surface area contributed by atoms with Crippen LogP contribution in [0.5, 0.6) is 5.75 Å². The van der Waals surface area contributed by atoms with Crippen LogP contribution in [0.3, 0.4) is 0 Å². The Morgan fingerprint density at radius 3 is 2.74 bits per heavy atom. The lowest BCUT2D eigenvalue weighted by Crippen LogP contribution is -2.52. The molecule has 1 spiro atoms. The molecule has 1 aromatic carbocycles. The summed E-state index contributed by atoms with van der Waals surface area (Å²) in [4.78, 5) is 61.0. The van der Waals surface area contributed by atoms with E-state index in [-0.39, 0.29) is 44.8 Å². The summed E-state index contributed by atoms with van der Waals surface area (Å²) in [6, 6.07) is 1.95. The first kappa shape index (κ1) is 32.7. The quantitative estimate of drug-likeness (QED) is 0.316. The number of rotatable bonds is 9. The molecule has 3 aliphatic rings. The summed E-state index contributed by atoms with van der Waals surface area (Å²) in [6.45, 7) is 2.49. The zero-order valence-electron chi connectivity index (χ0n) is 25.7. The number of oxime groups is 1. The molecule has 0 unspecified atom stereocenters. The van der Waals surface area contributed by atoms with Gasteiger partial charge in [-0.25, -0.2) is 13.6 Å². The number of benzene rings is 1. The van der Waals surface area contributed by atoms with Crippen molar-refractivity contribution in [3.63, 3.8) is 0 Å². The average Bonchev–Trinajstić information content (AvgIpc) is 3.39. The molecule has 2 bridgehead atoms. The van der Waals surface area contributed by atoms with E-state index in [2.05, 4.69) is 10.5 Å². The zero-order valence-corrected chi connectivity index (χ0v) is 25.7. The van der Waals surface area contributed by atoms with Gasteiger partial charge in [0.25, 0.3) is 11.8 Å². The first-order chi connectivity index (χ1) is 22.0. The molecule has 1 saturated heterocycles. The number of hydrogen-bond donors (Lipinski definition) is 1. The summed E-state index contributed by atoms with van der Waals surface area (Å²) in [5.74, 6) is -3.35. The van der Waals surface area contributed by atoms with Gasteiger partial charge in [-0.2, -0.15) is 0 Å². The highest BCUT2D eigenvalue weighted by atomic mass is 19.1. The van der Waals surface area contributed by atoms with Gasteiger partial charge in [0.2, 0.25) is 23.9 Å². The number of pyridine rings is 1. The van der Waals surface area contributed by atoms with E-state index in [4.69, 9.17) is 28.5 Å². The molecule has 0 radical (unpaired) electrons. The molecule has 1 aromatic heterocycles. The third-order valence-corrected chi connectivity index (χ3v) is 8.28. The Morgan fingerprint density at radius 1 is 1.26 bits per heavy atom. The van der Waals surface area contributed by atoms with E-state index in [1.807, 2.05) is 6.92 Å². The Hall–Kier alpha value is -4.73. The molecule has 250 valence electrons. The number of nitrogens with one attached hydrogen (secondary N) is 1. The molecule has 46 heavy (non-hydrogen) atoms. The molecule has 1 N–H and O–H groups in total. The van der Waals surface area contributed by atoms with Crippen molar-refractivity contribution in [3.05, 3.63) is 63.1 Å². The van der Waals surface area contributed by atoms with Crippen molar-refractivity contribution < 1.29 is 53.1 Å². The maximum Gasteiger partial charge on any atom is 0.511 e. The number of hydrogen-bond acceptors (Lipinski definition) is 11. The lowest BCUT2D eigenvalue weighted by molar-refractivity contribution is -0.0658. The fourth-order valence-corrected chi connectivity index (χ4v) is 5.85. The molecule has 4 atom stereocenters. The van der Waals surface area contributed by atoms with Gasteiger partial charge in [-0.15, -0.1) is 0 Å². The smallest absolute Gasteiger partial charge is 0.482 e. The molecule has 14 nitrogen and oxygen atoms in total. The molecule has 2 amide bonds. The second-order valence-electron chi connectivity index (χ2n) is 11.3. The fraction of sp³-hybridized carbons (Fsp3) is 0.500. The predicted octanol–water partition coefficient (Wildman–Crippen LogP) is 3.13. The van der Waals surface area contributed by atoms with Crippen molar-refractivity contribution in [2.45, 2.75) is 63.4 Å². The molecule has 3 aliphatic heterocycles. The van der Waals surface area contributed by atoms with Gasteiger partial charge in [-0.1, -0.05) is 11.2 Å². The van der Waals surface area contributed by atoms with Gasteiger partial charge in [0.1, 0.15) is 23.3 Å². The van der Waals surface area contributed by atoms with Gasteiger partial charge in [0.15, 0.2) is 11.3 Å². The number of fused-ring (bicyclic) bond motifs is 5. The number of carbonyl (C=O) groups is 3. The Balaban J connectivity index is 0.00000500. The second kappa shape index (κ2) is 13.3. The van der Waals surface area contributed by atoms with Crippen LogP contribution in [0, 0.1) is 11.6 Å². The topological polar surface area (TPSA) is 156 Å². The number of halogens is 2. The largest absolute Gasteiger partial charge is 0.511 e. The molecule has 0 saturated carbocycles. The summed E-state index contributed by atoms with van der Waals surface area (Å²) in [6.07, 6.45) is 0.720. The van der Waals surface area contributed by atoms with Gasteiger partial charge in [-0.05, 0) is 32.8 Å². The van der Waals surface area contributed by atoms with Crippen LogP contribution in [-0.2, 0) is 30.3 Å². The molecule has 16 heteroatoms. The van der Waals surface area contributed by atoms with Gasteiger partial charge < -0.3 is 43.3 Å². The fourth-order valence-electron chi connectivity index (χ4n) is 5.85. The summed E-state index contributed by atoms with van der Waals surface area (Å²) in [5, 5.41) is 6.55. The zero-order chi connectivity index (χ0) is 33.2. The lowest BCUT2D eigenvalue weighted by Gasteiger charge is -2.42. The standard InChI is InChI=1S/C30H34F2N4O10.H2/c1-16-7-8-30(10-23(42-4)34-46-30)22-13-35(16)28(39)24-26(43-15-44-29(40)45-17(2)14-41-3)25(37)20(12-36(22)24)27(38)33-11-18-5-6-19(31)9-21(18)32;/h5-6,9,12,16-17,22H,7-8,10-11,13-15H2,1-4H3,(H,33,38);1H/t16-,17-,22+,30-;/m0./s1. The normalized spacial score (nSPS) is 22.3. The number of amides is 2. The lowest BCUT2D eigenvalue weighted by atomic mass is 9.85. The highest BCUT2D eigenvalue weighted by Crippen LogP contribution is 2.46. The van der Waals surface area contributed by atoms with Crippen LogP contribution >= 0.6 is 0 Å². The maximum atomic E-state index is 14.3. The van der Waals surface area contributed by atoms with Crippen LogP contribution in [0.25, 0.3) is 0 Å². The van der Waals surface area contributed by atoms with E-state index >= 15 is 0 Å². The van der Waals surface area contributed by atoms with Crippen LogP contribution in [0.2, 0.25) is 0 Å². The number of carbonyl (C=O) groups excluding carboxylic acids is 3. The summed E-state index contributed by atoms with van der Waals surface area (Å²) < 4.78 is 55.0. The first-order valence-electron chi connectivity index (χ1n) is 14.5. The van der Waals surface area contributed by atoms with Gasteiger partial charge >= 0.3 is 6.16 Å². The maximum absolute atomic E-state index is 14.3. The average molecular weight is 651 g/mol. The van der Waals surface area contributed by atoms with Crippen LogP contribution in [0.15, 0.2) is 34.3 Å². The summed E-state index contributed by atoms with van der Waals surface area (Å²) in [7, 11) is 2.89. The van der Waals surface area contributed by atoms with Crippen molar-refractivity contribution in [1.29, 1.82) is 0 Å². The van der Waals surface area contributed by atoms with Crippen molar-refractivity contribution in [1.82, 2.24) is 14.8 Å². The van der Waals surface area contributed by atoms with E-state index in [9.17, 15) is 28.0 Å². The van der Waals surface area contributed by atoms with Crippen molar-refractivity contribution in [2.75, 3.05) is 34.2 Å². The van der Waals surface area contributed by atoms with Crippen molar-refractivity contribution >= 4 is 23.9 Å². The van der Waals surface area contributed by atoms with Gasteiger partial charge in [0.05, 0.1) is 26.2 Å². The number of methoxy groups -OCH3 is 2. The predicted molar refractivity (Wildman–Crippen MR) is 156 cm³/mol. The monoisotopic (exact) mass is 650 g/mol. The van der Waals surface area contributed by atoms with Crippen LogP contribution < -0.4 is 15.5 Å². The molecule has 5 rings (SSSR count). The minimum atomic E-state index is -1.12. The Kier molecular flexibility index (Phi) is 9.46. The Labute approximate surface area is 263 Å². The van der Waals surface area contributed by atoms with E-state index in [0.29, 0.717) is 24.8 Å². The number of aromatic nitrogens is 1. The van der Waals surface area contributed by atoms with E-state index in [0.717, 1.165) is 12.1 Å². The number of nitrogens with zero attached hydrogens (tertiary/aromatic N) is 3. The van der Waals surface area contributed by atoms with Gasteiger partial charge in [0, 0.05) is 45.5 Å². The second-order valence-corrected chi connectivity index (χ2v) is 11.3. The third kappa shape index (κ3) is 6.34. The van der Waals surface area contributed by atoms with Crippen molar-refractivity contribution in [3.8, 4) is 5.75 Å². The Bertz CT molecular complexity index is 1620. The minimum absolute atomic E-state index is 0. The first-order valence-corrected chi connectivity index (χ1v) is 14.5.